The molecule has 1 rings (SSSR count). The molecule has 1 fully saturated rings. The summed E-state index contributed by atoms with van der Waals surface area (Å²) in [6.45, 7) is 2.57. The fourth-order valence-electron chi connectivity index (χ4n) is 2.80. The quantitative estimate of drug-likeness (QED) is 0.415. The second kappa shape index (κ2) is 11.0. The molecule has 158 valence electrons. The van der Waals surface area contributed by atoms with E-state index in [1.165, 1.54) is 18.7 Å². The lowest BCUT2D eigenvalue weighted by Crippen LogP contribution is -2.63. The summed E-state index contributed by atoms with van der Waals surface area (Å²) in [6.07, 6.45) is -0.684. The molecule has 0 saturated carbocycles. The van der Waals surface area contributed by atoms with Crippen LogP contribution in [0.1, 0.15) is 26.7 Å². The van der Waals surface area contributed by atoms with E-state index in [1.807, 2.05) is 0 Å². The number of piperazine rings is 1. The molecule has 1 saturated heterocycles. The van der Waals surface area contributed by atoms with E-state index >= 15 is 0 Å². The summed E-state index contributed by atoms with van der Waals surface area (Å²) in [5, 5.41) is 0. The molecular formula is C16H25N3O8S. The highest BCUT2D eigenvalue weighted by molar-refractivity contribution is 7.78. The molecule has 1 aliphatic rings. The first kappa shape index (κ1) is 23.9. The summed E-state index contributed by atoms with van der Waals surface area (Å²) < 4.78 is 23.2. The van der Waals surface area contributed by atoms with Crippen LogP contribution in [-0.4, -0.2) is 89.3 Å². The van der Waals surface area contributed by atoms with Crippen molar-refractivity contribution in [3.63, 3.8) is 0 Å². The molecule has 0 aromatic heterocycles. The van der Waals surface area contributed by atoms with E-state index in [4.69, 9.17) is 0 Å². The number of ether oxygens (including phenoxy) is 1. The van der Waals surface area contributed by atoms with E-state index in [9.17, 15) is 28.2 Å². The first-order valence-electron chi connectivity index (χ1n) is 8.48. The second-order valence-electron chi connectivity index (χ2n) is 6.27. The van der Waals surface area contributed by atoms with Crippen LogP contribution in [-0.2, 0) is 44.2 Å². The number of hydrogen-bond donors (Lipinski definition) is 1. The van der Waals surface area contributed by atoms with Crippen molar-refractivity contribution < 1.29 is 37.1 Å². The molecule has 3 atom stereocenters. The SMILES string of the molecule is COC(=O)CC1C(=O)N(CC(C)=O)CCN1C(=O)C(CC(C)=O)NS(=O)OC. The highest BCUT2D eigenvalue weighted by Crippen LogP contribution is 2.18. The van der Waals surface area contributed by atoms with E-state index in [-0.39, 0.29) is 37.6 Å². The molecule has 28 heavy (non-hydrogen) atoms. The average Bonchev–Trinajstić information content (AvgIpc) is 2.62. The maximum absolute atomic E-state index is 13.0. The van der Waals surface area contributed by atoms with Gasteiger partial charge in [0.1, 0.15) is 23.7 Å². The fraction of sp³-hybridized carbons (Fsp3) is 0.688. The fourth-order valence-corrected chi connectivity index (χ4v) is 3.31. The number of ketones is 2. The summed E-state index contributed by atoms with van der Waals surface area (Å²) in [7, 11) is 2.31. The molecule has 0 radical (unpaired) electrons. The zero-order valence-corrected chi connectivity index (χ0v) is 17.1. The van der Waals surface area contributed by atoms with Crippen molar-refractivity contribution in [3.8, 4) is 0 Å². The minimum Gasteiger partial charge on any atom is -0.469 e. The average molecular weight is 419 g/mol. The minimum atomic E-state index is -2.03. The van der Waals surface area contributed by atoms with Crippen molar-refractivity contribution >= 4 is 40.6 Å². The number of nitrogens with one attached hydrogen (secondary N) is 1. The number of rotatable bonds is 10. The third-order valence-corrected chi connectivity index (χ3v) is 4.83. The molecule has 0 spiro atoms. The summed E-state index contributed by atoms with van der Waals surface area (Å²) >= 11 is -2.03. The lowest BCUT2D eigenvalue weighted by atomic mass is 10.0. The molecule has 0 aliphatic carbocycles. The van der Waals surface area contributed by atoms with Crippen LogP contribution in [0.15, 0.2) is 0 Å². The van der Waals surface area contributed by atoms with Crippen molar-refractivity contribution in [1.29, 1.82) is 0 Å². The van der Waals surface area contributed by atoms with Gasteiger partial charge in [0.15, 0.2) is 0 Å². The molecule has 2 amide bonds. The monoisotopic (exact) mass is 419 g/mol. The van der Waals surface area contributed by atoms with Gasteiger partial charge < -0.3 is 14.5 Å². The number of Topliss-reactive ketones (excluding diaryl/α,β-unsaturated/α-hetero) is 2. The number of methoxy groups -OCH3 is 1. The molecule has 0 aromatic carbocycles. The first-order valence-corrected chi connectivity index (χ1v) is 9.55. The Morgan fingerprint density at radius 1 is 1.18 bits per heavy atom. The molecule has 1 N–H and O–H groups in total. The van der Waals surface area contributed by atoms with Gasteiger partial charge in [-0.3, -0.25) is 28.2 Å². The molecular weight excluding hydrogens is 394 g/mol. The summed E-state index contributed by atoms with van der Waals surface area (Å²) in [4.78, 5) is 62.8. The minimum absolute atomic E-state index is 0.0369. The molecule has 3 unspecified atom stereocenters. The standard InChI is InChI=1S/C16H25N3O8S/c1-10(20)7-12(17-28(25)27-4)15(23)19-6-5-18(9-11(2)21)16(24)13(19)8-14(22)26-3/h12-13,17H,5-9H2,1-4H3. The van der Waals surface area contributed by atoms with E-state index in [0.29, 0.717) is 0 Å². The van der Waals surface area contributed by atoms with Crippen LogP contribution in [0.25, 0.3) is 0 Å². The van der Waals surface area contributed by atoms with Gasteiger partial charge in [-0.05, 0) is 13.8 Å². The van der Waals surface area contributed by atoms with Crippen molar-refractivity contribution in [3.05, 3.63) is 0 Å². The topological polar surface area (TPSA) is 139 Å². The van der Waals surface area contributed by atoms with Crippen molar-refractivity contribution in [2.45, 2.75) is 38.8 Å². The Hall–Kier alpha value is -2.18. The molecule has 12 heteroatoms. The maximum atomic E-state index is 13.0. The van der Waals surface area contributed by atoms with Gasteiger partial charge in [-0.15, -0.1) is 0 Å². The van der Waals surface area contributed by atoms with Crippen LogP contribution < -0.4 is 4.72 Å². The number of hydrogen-bond acceptors (Lipinski definition) is 8. The third kappa shape index (κ3) is 6.77. The van der Waals surface area contributed by atoms with Gasteiger partial charge >= 0.3 is 5.97 Å². The molecule has 11 nitrogen and oxygen atoms in total. The van der Waals surface area contributed by atoms with Gasteiger partial charge in [-0.2, -0.15) is 0 Å². The largest absolute Gasteiger partial charge is 0.469 e. The summed E-state index contributed by atoms with van der Waals surface area (Å²) in [5.41, 5.74) is 0. The first-order chi connectivity index (χ1) is 13.1. The van der Waals surface area contributed by atoms with Gasteiger partial charge in [0, 0.05) is 19.5 Å². The predicted molar refractivity (Wildman–Crippen MR) is 96.8 cm³/mol. The lowest BCUT2D eigenvalue weighted by Gasteiger charge is -2.41. The van der Waals surface area contributed by atoms with Gasteiger partial charge in [0.05, 0.1) is 27.2 Å². The molecule has 0 aromatic rings. The zero-order chi connectivity index (χ0) is 21.4. The van der Waals surface area contributed by atoms with Crippen LogP contribution in [0.5, 0.6) is 0 Å². The van der Waals surface area contributed by atoms with Crippen LogP contribution in [0.4, 0.5) is 0 Å². The van der Waals surface area contributed by atoms with Crippen LogP contribution in [0.3, 0.4) is 0 Å². The van der Waals surface area contributed by atoms with Gasteiger partial charge in [-0.1, -0.05) is 0 Å². The van der Waals surface area contributed by atoms with Crippen molar-refractivity contribution in [2.75, 3.05) is 33.9 Å². The van der Waals surface area contributed by atoms with E-state index < -0.39 is 47.6 Å². The van der Waals surface area contributed by atoms with Gasteiger partial charge in [-0.25, -0.2) is 8.93 Å². The maximum Gasteiger partial charge on any atom is 0.308 e. The second-order valence-corrected chi connectivity index (χ2v) is 7.31. The zero-order valence-electron chi connectivity index (χ0n) is 16.3. The Labute approximate surface area is 165 Å². The third-order valence-electron chi connectivity index (χ3n) is 4.05. The van der Waals surface area contributed by atoms with Gasteiger partial charge in [0.2, 0.25) is 23.1 Å². The predicted octanol–water partition coefficient (Wildman–Crippen LogP) is -1.66. The molecule has 1 aliphatic heterocycles. The Kier molecular flexibility index (Phi) is 9.35. The number of amides is 2. The van der Waals surface area contributed by atoms with Gasteiger partial charge in [0.25, 0.3) is 0 Å². The Morgan fingerprint density at radius 2 is 1.82 bits per heavy atom. The van der Waals surface area contributed by atoms with Crippen LogP contribution >= 0.6 is 0 Å². The Bertz CT molecular complexity index is 668. The summed E-state index contributed by atoms with van der Waals surface area (Å²) in [5.74, 6) is -2.54. The Morgan fingerprint density at radius 3 is 2.32 bits per heavy atom. The highest BCUT2D eigenvalue weighted by Gasteiger charge is 2.41. The van der Waals surface area contributed by atoms with E-state index in [1.54, 1.807) is 0 Å². The number of nitrogens with zero attached hydrogens (tertiary/aromatic N) is 2. The van der Waals surface area contributed by atoms with Crippen molar-refractivity contribution in [1.82, 2.24) is 14.5 Å². The number of esters is 1. The summed E-state index contributed by atoms with van der Waals surface area (Å²) in [6, 6.07) is -2.40. The van der Waals surface area contributed by atoms with E-state index in [0.717, 1.165) is 19.1 Å². The number of carbonyl (C=O) groups excluding carboxylic acids is 5. The highest BCUT2D eigenvalue weighted by atomic mass is 32.2. The number of carbonyl (C=O) groups is 5. The van der Waals surface area contributed by atoms with Crippen molar-refractivity contribution in [2.24, 2.45) is 0 Å². The Balaban J connectivity index is 3.12. The van der Waals surface area contributed by atoms with Crippen LogP contribution in [0, 0.1) is 0 Å². The van der Waals surface area contributed by atoms with E-state index in [2.05, 4.69) is 13.6 Å². The lowest BCUT2D eigenvalue weighted by molar-refractivity contribution is -0.158. The normalized spacial score (nSPS) is 19.1. The molecule has 1 heterocycles. The molecule has 0 bridgehead atoms. The van der Waals surface area contributed by atoms with Crippen LogP contribution in [0.2, 0.25) is 0 Å². The smallest absolute Gasteiger partial charge is 0.308 e.